The largest absolute Gasteiger partial charge is 0.490 e. The van der Waals surface area contributed by atoms with Crippen molar-refractivity contribution in [3.05, 3.63) is 41.6 Å². The fourth-order valence-electron chi connectivity index (χ4n) is 3.50. The first kappa shape index (κ1) is 19.9. The van der Waals surface area contributed by atoms with E-state index in [1.165, 1.54) is 6.08 Å². The Kier molecular flexibility index (Phi) is 6.34. The summed E-state index contributed by atoms with van der Waals surface area (Å²) in [6.07, 6.45) is 6.95. The SMILES string of the molecule is CCOc1ccc(/C=C/C(=O)NC2(c3noc(C)n3)CCCC2)cc1OCC. The summed E-state index contributed by atoms with van der Waals surface area (Å²) in [6.45, 7) is 6.71. The van der Waals surface area contributed by atoms with E-state index < -0.39 is 5.54 Å². The van der Waals surface area contributed by atoms with Gasteiger partial charge in [0, 0.05) is 13.0 Å². The Bertz CT molecular complexity index is 838. The molecule has 1 aromatic carbocycles. The molecule has 0 radical (unpaired) electrons. The van der Waals surface area contributed by atoms with E-state index in [2.05, 4.69) is 15.5 Å². The van der Waals surface area contributed by atoms with Gasteiger partial charge in [0.05, 0.1) is 13.2 Å². The van der Waals surface area contributed by atoms with Crippen molar-refractivity contribution in [1.82, 2.24) is 15.5 Å². The average Bonchev–Trinajstić information content (AvgIpc) is 3.32. The number of ether oxygens (including phenoxy) is 2. The van der Waals surface area contributed by atoms with Crippen LogP contribution in [-0.4, -0.2) is 29.3 Å². The smallest absolute Gasteiger partial charge is 0.244 e. The van der Waals surface area contributed by atoms with E-state index in [1.807, 2.05) is 32.0 Å². The highest BCUT2D eigenvalue weighted by Crippen LogP contribution is 2.37. The van der Waals surface area contributed by atoms with Crippen molar-refractivity contribution < 1.29 is 18.8 Å². The number of carbonyl (C=O) groups is 1. The predicted molar refractivity (Wildman–Crippen MR) is 105 cm³/mol. The topological polar surface area (TPSA) is 86.5 Å². The van der Waals surface area contributed by atoms with Gasteiger partial charge in [-0.3, -0.25) is 4.79 Å². The first-order valence-electron chi connectivity index (χ1n) is 9.77. The lowest BCUT2D eigenvalue weighted by atomic mass is 9.96. The fraction of sp³-hybridized carbons (Fsp3) is 0.476. The number of nitrogens with zero attached hydrogens (tertiary/aromatic N) is 2. The van der Waals surface area contributed by atoms with E-state index in [0.29, 0.717) is 36.4 Å². The minimum Gasteiger partial charge on any atom is -0.490 e. The van der Waals surface area contributed by atoms with E-state index in [4.69, 9.17) is 14.0 Å². The van der Waals surface area contributed by atoms with Gasteiger partial charge in [0.2, 0.25) is 11.8 Å². The van der Waals surface area contributed by atoms with Crippen molar-refractivity contribution in [1.29, 1.82) is 0 Å². The van der Waals surface area contributed by atoms with Crippen molar-refractivity contribution in [2.75, 3.05) is 13.2 Å². The number of rotatable bonds is 8. The quantitative estimate of drug-likeness (QED) is 0.696. The second-order valence-corrected chi connectivity index (χ2v) is 6.82. The van der Waals surface area contributed by atoms with E-state index in [-0.39, 0.29) is 5.91 Å². The summed E-state index contributed by atoms with van der Waals surface area (Å²) < 4.78 is 16.3. The molecule has 1 saturated carbocycles. The summed E-state index contributed by atoms with van der Waals surface area (Å²) in [5.74, 6) is 2.24. The van der Waals surface area contributed by atoms with Gasteiger partial charge < -0.3 is 19.3 Å². The molecule has 0 bridgehead atoms. The molecule has 1 heterocycles. The summed E-state index contributed by atoms with van der Waals surface area (Å²) >= 11 is 0. The van der Waals surface area contributed by atoms with Crippen LogP contribution in [0.25, 0.3) is 6.08 Å². The highest BCUT2D eigenvalue weighted by molar-refractivity contribution is 5.92. The third kappa shape index (κ3) is 4.52. The van der Waals surface area contributed by atoms with E-state index in [9.17, 15) is 4.79 Å². The van der Waals surface area contributed by atoms with Gasteiger partial charge >= 0.3 is 0 Å². The zero-order valence-corrected chi connectivity index (χ0v) is 16.7. The van der Waals surface area contributed by atoms with Crippen LogP contribution in [-0.2, 0) is 10.3 Å². The van der Waals surface area contributed by atoms with Crippen molar-refractivity contribution in [3.8, 4) is 11.5 Å². The molecule has 7 heteroatoms. The lowest BCUT2D eigenvalue weighted by Gasteiger charge is -2.25. The number of benzene rings is 1. The molecule has 1 aliphatic rings. The van der Waals surface area contributed by atoms with Crippen LogP contribution in [0.4, 0.5) is 0 Å². The normalized spacial score (nSPS) is 15.7. The van der Waals surface area contributed by atoms with Gasteiger partial charge in [-0.1, -0.05) is 24.1 Å². The molecule has 0 unspecified atom stereocenters. The van der Waals surface area contributed by atoms with Crippen molar-refractivity contribution >= 4 is 12.0 Å². The highest BCUT2D eigenvalue weighted by atomic mass is 16.5. The third-order valence-electron chi connectivity index (χ3n) is 4.77. The Labute approximate surface area is 165 Å². The van der Waals surface area contributed by atoms with Crippen molar-refractivity contribution in [2.24, 2.45) is 0 Å². The summed E-state index contributed by atoms with van der Waals surface area (Å²) in [4.78, 5) is 16.9. The number of aromatic nitrogens is 2. The Hall–Kier alpha value is -2.83. The maximum Gasteiger partial charge on any atom is 0.244 e. The monoisotopic (exact) mass is 385 g/mol. The maximum atomic E-state index is 12.6. The molecule has 0 saturated heterocycles. The Morgan fingerprint density at radius 2 is 1.93 bits per heavy atom. The van der Waals surface area contributed by atoms with Crippen LogP contribution in [0.3, 0.4) is 0 Å². The number of aryl methyl sites for hydroxylation is 1. The van der Waals surface area contributed by atoms with E-state index in [0.717, 1.165) is 31.2 Å². The zero-order chi connectivity index (χ0) is 20.0. The molecule has 1 amide bonds. The number of hydrogen-bond acceptors (Lipinski definition) is 6. The standard InChI is InChI=1S/C21H27N3O4/c1-4-26-17-10-8-16(14-18(17)27-5-2)9-11-19(25)23-21(12-6-7-13-21)20-22-15(3)28-24-20/h8-11,14H,4-7,12-13H2,1-3H3,(H,23,25)/b11-9+. The van der Waals surface area contributed by atoms with Crippen LogP contribution in [0.15, 0.2) is 28.8 Å². The molecule has 0 atom stereocenters. The summed E-state index contributed by atoms with van der Waals surface area (Å²) in [6, 6.07) is 5.62. The minimum atomic E-state index is -0.547. The summed E-state index contributed by atoms with van der Waals surface area (Å²) in [5, 5.41) is 7.14. The molecule has 7 nitrogen and oxygen atoms in total. The first-order valence-corrected chi connectivity index (χ1v) is 9.77. The van der Waals surface area contributed by atoms with Crippen LogP contribution in [0.1, 0.15) is 56.8 Å². The van der Waals surface area contributed by atoms with Crippen LogP contribution >= 0.6 is 0 Å². The molecular formula is C21H27N3O4. The minimum absolute atomic E-state index is 0.184. The zero-order valence-electron chi connectivity index (χ0n) is 16.7. The maximum absolute atomic E-state index is 12.6. The fourth-order valence-corrected chi connectivity index (χ4v) is 3.50. The Balaban J connectivity index is 1.73. The molecular weight excluding hydrogens is 358 g/mol. The summed E-state index contributed by atoms with van der Waals surface area (Å²) in [7, 11) is 0. The number of hydrogen-bond donors (Lipinski definition) is 1. The molecule has 1 N–H and O–H groups in total. The van der Waals surface area contributed by atoms with Gasteiger partial charge in [-0.25, -0.2) is 0 Å². The predicted octanol–water partition coefficient (Wildman–Crippen LogP) is 3.77. The van der Waals surface area contributed by atoms with E-state index in [1.54, 1.807) is 13.0 Å². The molecule has 1 aromatic heterocycles. The van der Waals surface area contributed by atoms with Crippen LogP contribution < -0.4 is 14.8 Å². The van der Waals surface area contributed by atoms with Gasteiger partial charge in [0.15, 0.2) is 17.3 Å². The van der Waals surface area contributed by atoms with Crippen LogP contribution in [0.5, 0.6) is 11.5 Å². The molecule has 28 heavy (non-hydrogen) atoms. The molecule has 1 fully saturated rings. The third-order valence-corrected chi connectivity index (χ3v) is 4.77. The molecule has 0 spiro atoms. The number of nitrogens with one attached hydrogen (secondary N) is 1. The average molecular weight is 385 g/mol. The lowest BCUT2D eigenvalue weighted by Crippen LogP contribution is -2.44. The molecule has 3 rings (SSSR count). The number of carbonyl (C=O) groups excluding carboxylic acids is 1. The lowest BCUT2D eigenvalue weighted by molar-refractivity contribution is -0.118. The van der Waals surface area contributed by atoms with Crippen molar-refractivity contribution in [2.45, 2.75) is 52.0 Å². The molecule has 1 aliphatic carbocycles. The number of amides is 1. The second kappa shape index (κ2) is 8.91. The van der Waals surface area contributed by atoms with Gasteiger partial charge in [-0.15, -0.1) is 0 Å². The Morgan fingerprint density at radius 3 is 2.57 bits per heavy atom. The van der Waals surface area contributed by atoms with Crippen LogP contribution in [0, 0.1) is 6.92 Å². The first-order chi connectivity index (χ1) is 13.6. The molecule has 0 aliphatic heterocycles. The molecule has 2 aromatic rings. The Morgan fingerprint density at radius 1 is 1.21 bits per heavy atom. The van der Waals surface area contributed by atoms with Gasteiger partial charge in [-0.2, -0.15) is 4.98 Å². The molecule has 150 valence electrons. The highest BCUT2D eigenvalue weighted by Gasteiger charge is 2.40. The van der Waals surface area contributed by atoms with Crippen molar-refractivity contribution in [3.63, 3.8) is 0 Å². The van der Waals surface area contributed by atoms with Crippen LogP contribution in [0.2, 0.25) is 0 Å². The van der Waals surface area contributed by atoms with E-state index >= 15 is 0 Å². The van der Waals surface area contributed by atoms with Gasteiger partial charge in [-0.05, 0) is 50.5 Å². The summed E-state index contributed by atoms with van der Waals surface area (Å²) in [5.41, 5.74) is 0.312. The van der Waals surface area contributed by atoms with Gasteiger partial charge in [0.25, 0.3) is 0 Å². The second-order valence-electron chi connectivity index (χ2n) is 6.82. The van der Waals surface area contributed by atoms with Gasteiger partial charge in [0.1, 0.15) is 5.54 Å².